The highest BCUT2D eigenvalue weighted by Crippen LogP contribution is 2.16. The number of rotatable bonds is 5. The third kappa shape index (κ3) is 3.83. The van der Waals surface area contributed by atoms with Gasteiger partial charge >= 0.3 is 0 Å². The van der Waals surface area contributed by atoms with Crippen molar-refractivity contribution in [1.82, 2.24) is 0 Å². The Hall–Kier alpha value is -1.80. The number of anilines is 1. The van der Waals surface area contributed by atoms with Gasteiger partial charge in [-0.1, -0.05) is 50.2 Å². The lowest BCUT2D eigenvalue weighted by Crippen LogP contribution is -2.00. The Bertz CT molecular complexity index is 517. The van der Waals surface area contributed by atoms with Crippen LogP contribution in [0.25, 0.3) is 0 Å². The zero-order valence-electron chi connectivity index (χ0n) is 11.6. The van der Waals surface area contributed by atoms with E-state index in [0.717, 1.165) is 17.8 Å². The third-order valence-corrected chi connectivity index (χ3v) is 3.25. The van der Waals surface area contributed by atoms with Gasteiger partial charge in [0.2, 0.25) is 0 Å². The molecular weight excluding hydrogens is 234 g/mol. The van der Waals surface area contributed by atoms with E-state index in [1.54, 1.807) is 0 Å². The minimum absolute atomic E-state index is 0.0819. The standard InChI is InChI=1S/C17H21NO/c1-13(2)16-8-6-14(7-9-16)11-18-17-5-3-4-15(10-17)12-19/h3-10,13,18-19H,11-12H2,1-2H3. The molecule has 100 valence electrons. The lowest BCUT2D eigenvalue weighted by Gasteiger charge is -2.09. The van der Waals surface area contributed by atoms with Gasteiger partial charge in [0.15, 0.2) is 0 Å². The monoisotopic (exact) mass is 255 g/mol. The van der Waals surface area contributed by atoms with E-state index in [9.17, 15) is 0 Å². The second kappa shape index (κ2) is 6.39. The van der Waals surface area contributed by atoms with Gasteiger partial charge in [0.1, 0.15) is 0 Å². The lowest BCUT2D eigenvalue weighted by atomic mass is 10.0. The van der Waals surface area contributed by atoms with E-state index >= 15 is 0 Å². The van der Waals surface area contributed by atoms with Crippen molar-refractivity contribution >= 4 is 5.69 Å². The first kappa shape index (κ1) is 13.6. The highest BCUT2D eigenvalue weighted by Gasteiger charge is 1.99. The number of hydrogen-bond donors (Lipinski definition) is 2. The minimum atomic E-state index is 0.0819. The zero-order valence-corrected chi connectivity index (χ0v) is 11.6. The summed E-state index contributed by atoms with van der Waals surface area (Å²) >= 11 is 0. The van der Waals surface area contributed by atoms with Gasteiger partial charge < -0.3 is 10.4 Å². The zero-order chi connectivity index (χ0) is 13.7. The molecule has 0 fully saturated rings. The number of hydrogen-bond acceptors (Lipinski definition) is 2. The second-order valence-electron chi connectivity index (χ2n) is 5.11. The summed E-state index contributed by atoms with van der Waals surface area (Å²) in [6, 6.07) is 16.6. The molecule has 0 spiro atoms. The summed E-state index contributed by atoms with van der Waals surface area (Å²) in [7, 11) is 0. The van der Waals surface area contributed by atoms with Crippen molar-refractivity contribution < 1.29 is 5.11 Å². The Balaban J connectivity index is 1.98. The van der Waals surface area contributed by atoms with E-state index in [-0.39, 0.29) is 6.61 Å². The van der Waals surface area contributed by atoms with Crippen LogP contribution in [0, 0.1) is 0 Å². The molecule has 2 aromatic carbocycles. The summed E-state index contributed by atoms with van der Waals surface area (Å²) in [6.45, 7) is 5.28. The Kier molecular flexibility index (Phi) is 4.58. The Labute approximate surface area is 115 Å². The summed E-state index contributed by atoms with van der Waals surface area (Å²) < 4.78 is 0. The van der Waals surface area contributed by atoms with Gasteiger partial charge in [-0.05, 0) is 34.7 Å². The van der Waals surface area contributed by atoms with E-state index < -0.39 is 0 Å². The van der Waals surface area contributed by atoms with Gasteiger partial charge in [-0.15, -0.1) is 0 Å². The van der Waals surface area contributed by atoms with Crippen molar-refractivity contribution in [3.63, 3.8) is 0 Å². The molecular formula is C17H21NO. The van der Waals surface area contributed by atoms with Crippen molar-refractivity contribution in [2.24, 2.45) is 0 Å². The van der Waals surface area contributed by atoms with Crippen LogP contribution in [0.3, 0.4) is 0 Å². The van der Waals surface area contributed by atoms with Crippen LogP contribution in [0.2, 0.25) is 0 Å². The van der Waals surface area contributed by atoms with E-state index in [4.69, 9.17) is 5.11 Å². The molecule has 2 aromatic rings. The minimum Gasteiger partial charge on any atom is -0.392 e. The Morgan fingerprint density at radius 3 is 2.37 bits per heavy atom. The first-order valence-corrected chi connectivity index (χ1v) is 6.71. The number of nitrogens with one attached hydrogen (secondary N) is 1. The molecule has 0 unspecified atom stereocenters. The number of aliphatic hydroxyl groups is 1. The first-order chi connectivity index (χ1) is 9.19. The predicted octanol–water partition coefficient (Wildman–Crippen LogP) is 3.91. The fraction of sp³-hybridized carbons (Fsp3) is 0.294. The van der Waals surface area contributed by atoms with E-state index in [1.807, 2.05) is 24.3 Å². The normalized spacial score (nSPS) is 10.7. The number of benzene rings is 2. The quantitative estimate of drug-likeness (QED) is 0.849. The first-order valence-electron chi connectivity index (χ1n) is 6.71. The van der Waals surface area contributed by atoms with Crippen molar-refractivity contribution in [1.29, 1.82) is 0 Å². The van der Waals surface area contributed by atoms with Crippen molar-refractivity contribution in [2.75, 3.05) is 5.32 Å². The summed E-state index contributed by atoms with van der Waals surface area (Å²) in [4.78, 5) is 0. The van der Waals surface area contributed by atoms with Crippen LogP contribution in [0.4, 0.5) is 5.69 Å². The van der Waals surface area contributed by atoms with E-state index in [1.165, 1.54) is 11.1 Å². The van der Waals surface area contributed by atoms with Gasteiger partial charge in [-0.25, -0.2) is 0 Å². The fourth-order valence-electron chi connectivity index (χ4n) is 2.00. The van der Waals surface area contributed by atoms with Gasteiger partial charge in [-0.3, -0.25) is 0 Å². The summed E-state index contributed by atoms with van der Waals surface area (Å²) in [5.74, 6) is 0.572. The average molecular weight is 255 g/mol. The van der Waals surface area contributed by atoms with Gasteiger partial charge in [0.25, 0.3) is 0 Å². The summed E-state index contributed by atoms with van der Waals surface area (Å²) in [5.41, 5.74) is 4.60. The largest absolute Gasteiger partial charge is 0.392 e. The van der Waals surface area contributed by atoms with Crippen LogP contribution in [-0.4, -0.2) is 5.11 Å². The van der Waals surface area contributed by atoms with Crippen molar-refractivity contribution in [3.8, 4) is 0 Å². The maximum absolute atomic E-state index is 9.10. The third-order valence-electron chi connectivity index (χ3n) is 3.25. The molecule has 0 bridgehead atoms. The second-order valence-corrected chi connectivity index (χ2v) is 5.11. The molecule has 0 amide bonds. The number of aliphatic hydroxyl groups excluding tert-OH is 1. The maximum atomic E-state index is 9.10. The van der Waals surface area contributed by atoms with E-state index in [0.29, 0.717) is 5.92 Å². The fourth-order valence-corrected chi connectivity index (χ4v) is 2.00. The molecule has 19 heavy (non-hydrogen) atoms. The maximum Gasteiger partial charge on any atom is 0.0682 e. The predicted molar refractivity (Wildman–Crippen MR) is 80.2 cm³/mol. The molecule has 0 aliphatic carbocycles. The molecule has 0 saturated carbocycles. The molecule has 0 aliphatic rings. The van der Waals surface area contributed by atoms with Crippen LogP contribution in [-0.2, 0) is 13.2 Å². The van der Waals surface area contributed by atoms with Gasteiger partial charge in [-0.2, -0.15) is 0 Å². The van der Waals surface area contributed by atoms with Crippen LogP contribution in [0.5, 0.6) is 0 Å². The molecule has 2 heteroatoms. The Morgan fingerprint density at radius 2 is 1.74 bits per heavy atom. The Morgan fingerprint density at radius 1 is 1.00 bits per heavy atom. The summed E-state index contributed by atoms with van der Waals surface area (Å²) in [6.07, 6.45) is 0. The molecule has 2 nitrogen and oxygen atoms in total. The molecule has 0 aliphatic heterocycles. The molecule has 2 rings (SSSR count). The average Bonchev–Trinajstić information content (AvgIpc) is 2.46. The molecule has 0 saturated heterocycles. The van der Waals surface area contributed by atoms with Crippen LogP contribution >= 0.6 is 0 Å². The highest BCUT2D eigenvalue weighted by atomic mass is 16.3. The van der Waals surface area contributed by atoms with Crippen LogP contribution in [0.1, 0.15) is 36.5 Å². The van der Waals surface area contributed by atoms with Crippen molar-refractivity contribution in [2.45, 2.75) is 32.9 Å². The molecule has 0 aromatic heterocycles. The summed E-state index contributed by atoms with van der Waals surface area (Å²) in [5, 5.41) is 12.5. The smallest absolute Gasteiger partial charge is 0.0682 e. The van der Waals surface area contributed by atoms with Crippen LogP contribution in [0.15, 0.2) is 48.5 Å². The van der Waals surface area contributed by atoms with Gasteiger partial charge in [0.05, 0.1) is 6.61 Å². The highest BCUT2D eigenvalue weighted by molar-refractivity contribution is 5.46. The molecule has 0 radical (unpaired) electrons. The lowest BCUT2D eigenvalue weighted by molar-refractivity contribution is 0.282. The van der Waals surface area contributed by atoms with Crippen molar-refractivity contribution in [3.05, 3.63) is 65.2 Å². The molecule has 0 atom stereocenters. The van der Waals surface area contributed by atoms with E-state index in [2.05, 4.69) is 43.4 Å². The SMILES string of the molecule is CC(C)c1ccc(CNc2cccc(CO)c2)cc1. The van der Waals surface area contributed by atoms with Crippen LogP contribution < -0.4 is 5.32 Å². The molecule has 2 N–H and O–H groups in total. The van der Waals surface area contributed by atoms with Gasteiger partial charge in [0, 0.05) is 12.2 Å². The topological polar surface area (TPSA) is 32.3 Å². The molecule has 0 heterocycles.